The highest BCUT2D eigenvalue weighted by atomic mass is 32.1. The van der Waals surface area contributed by atoms with Crippen molar-refractivity contribution >= 4 is 22.3 Å². The van der Waals surface area contributed by atoms with E-state index in [0.717, 1.165) is 34.0 Å². The van der Waals surface area contributed by atoms with Crippen molar-refractivity contribution < 1.29 is 4.42 Å². The molecule has 0 saturated carbocycles. The van der Waals surface area contributed by atoms with Gasteiger partial charge in [-0.15, -0.1) is 11.3 Å². The van der Waals surface area contributed by atoms with Crippen molar-refractivity contribution in [3.8, 4) is 10.8 Å². The fourth-order valence-corrected chi connectivity index (χ4v) is 2.97. The summed E-state index contributed by atoms with van der Waals surface area (Å²) >= 11 is 1.69. The maximum atomic E-state index is 5.83. The number of benzene rings is 1. The summed E-state index contributed by atoms with van der Waals surface area (Å²) in [6.45, 7) is 2.89. The van der Waals surface area contributed by atoms with Gasteiger partial charge in [-0.3, -0.25) is 0 Å². The van der Waals surface area contributed by atoms with E-state index in [1.54, 1.807) is 11.3 Å². The van der Waals surface area contributed by atoms with E-state index in [1.807, 2.05) is 32.2 Å². The monoisotopic (exact) mass is 258 g/mol. The van der Waals surface area contributed by atoms with Crippen LogP contribution in [0.15, 0.2) is 34.7 Å². The Kier molecular flexibility index (Phi) is 2.89. The maximum absolute atomic E-state index is 5.83. The van der Waals surface area contributed by atoms with Gasteiger partial charge in [0.15, 0.2) is 10.8 Å². The van der Waals surface area contributed by atoms with Crippen molar-refractivity contribution in [1.29, 1.82) is 0 Å². The molecule has 0 saturated heterocycles. The van der Waals surface area contributed by atoms with Gasteiger partial charge in [0, 0.05) is 16.8 Å². The molecule has 0 bridgehead atoms. The SMILES string of the molecule is CNCc1sc(-c2cc3ccccc3o2)nc1C. The number of hydrogen-bond acceptors (Lipinski definition) is 4. The summed E-state index contributed by atoms with van der Waals surface area (Å²) in [7, 11) is 1.94. The van der Waals surface area contributed by atoms with Crippen LogP contribution in [0.2, 0.25) is 0 Å². The molecule has 2 aromatic heterocycles. The number of nitrogens with zero attached hydrogens (tertiary/aromatic N) is 1. The molecule has 0 atom stereocenters. The highest BCUT2D eigenvalue weighted by molar-refractivity contribution is 7.15. The van der Waals surface area contributed by atoms with E-state index >= 15 is 0 Å². The lowest BCUT2D eigenvalue weighted by Crippen LogP contribution is -2.04. The first kappa shape index (κ1) is 11.4. The molecule has 0 aliphatic rings. The third kappa shape index (κ3) is 1.94. The van der Waals surface area contributed by atoms with Crippen LogP contribution in [0.1, 0.15) is 10.6 Å². The zero-order valence-corrected chi connectivity index (χ0v) is 11.2. The summed E-state index contributed by atoms with van der Waals surface area (Å²) in [4.78, 5) is 5.84. The number of thiazole rings is 1. The van der Waals surface area contributed by atoms with E-state index in [9.17, 15) is 0 Å². The predicted octanol–water partition coefficient (Wildman–Crippen LogP) is 3.58. The number of rotatable bonds is 3. The zero-order valence-electron chi connectivity index (χ0n) is 10.4. The Balaban J connectivity index is 2.05. The lowest BCUT2D eigenvalue weighted by molar-refractivity contribution is 0.630. The van der Waals surface area contributed by atoms with Crippen molar-refractivity contribution in [3.63, 3.8) is 0 Å². The van der Waals surface area contributed by atoms with Crippen molar-refractivity contribution in [2.45, 2.75) is 13.5 Å². The average Bonchev–Trinajstić information content (AvgIpc) is 2.94. The van der Waals surface area contributed by atoms with Gasteiger partial charge in [-0.25, -0.2) is 4.98 Å². The van der Waals surface area contributed by atoms with Crippen LogP contribution < -0.4 is 5.32 Å². The second-order valence-electron chi connectivity index (χ2n) is 4.21. The van der Waals surface area contributed by atoms with E-state index in [4.69, 9.17) is 4.42 Å². The van der Waals surface area contributed by atoms with Crippen LogP contribution >= 0.6 is 11.3 Å². The van der Waals surface area contributed by atoms with Crippen LogP contribution in [-0.4, -0.2) is 12.0 Å². The van der Waals surface area contributed by atoms with Gasteiger partial charge in [0.1, 0.15) is 5.58 Å². The van der Waals surface area contributed by atoms with Gasteiger partial charge in [-0.1, -0.05) is 18.2 Å². The van der Waals surface area contributed by atoms with Crippen LogP contribution in [0, 0.1) is 6.92 Å². The normalized spacial score (nSPS) is 11.2. The first-order chi connectivity index (χ1) is 8.78. The van der Waals surface area contributed by atoms with E-state index < -0.39 is 0 Å². The number of nitrogens with one attached hydrogen (secondary N) is 1. The minimum absolute atomic E-state index is 0.851. The first-order valence-corrected chi connectivity index (χ1v) is 6.69. The second-order valence-corrected chi connectivity index (χ2v) is 5.29. The number of para-hydroxylation sites is 1. The summed E-state index contributed by atoms with van der Waals surface area (Å²) in [5.41, 5.74) is 1.99. The number of furan rings is 1. The minimum Gasteiger partial charge on any atom is -0.454 e. The summed E-state index contributed by atoms with van der Waals surface area (Å²) in [6, 6.07) is 10.1. The quantitative estimate of drug-likeness (QED) is 0.780. The molecule has 0 aliphatic heterocycles. The van der Waals surface area contributed by atoms with Gasteiger partial charge in [0.25, 0.3) is 0 Å². The molecule has 18 heavy (non-hydrogen) atoms. The molecule has 0 spiro atoms. The lowest BCUT2D eigenvalue weighted by atomic mass is 10.2. The molecule has 92 valence electrons. The molecule has 3 nitrogen and oxygen atoms in total. The Hall–Kier alpha value is -1.65. The van der Waals surface area contributed by atoms with Crippen molar-refractivity contribution in [2.24, 2.45) is 0 Å². The average molecular weight is 258 g/mol. The van der Waals surface area contributed by atoms with Crippen molar-refractivity contribution in [3.05, 3.63) is 40.9 Å². The van der Waals surface area contributed by atoms with Crippen molar-refractivity contribution in [2.75, 3.05) is 7.05 Å². The molecule has 1 N–H and O–H groups in total. The Bertz CT molecular complexity index is 651. The van der Waals surface area contributed by atoms with Gasteiger partial charge < -0.3 is 9.73 Å². The van der Waals surface area contributed by atoms with Crippen LogP contribution in [0.4, 0.5) is 0 Å². The summed E-state index contributed by atoms with van der Waals surface area (Å²) in [6.07, 6.45) is 0. The molecule has 0 amide bonds. The van der Waals surface area contributed by atoms with Gasteiger partial charge >= 0.3 is 0 Å². The molecule has 3 aromatic rings. The van der Waals surface area contributed by atoms with Gasteiger partial charge in [-0.05, 0) is 26.1 Å². The lowest BCUT2D eigenvalue weighted by Gasteiger charge is -1.93. The van der Waals surface area contributed by atoms with Gasteiger partial charge in [0.2, 0.25) is 0 Å². The Morgan fingerprint density at radius 1 is 1.33 bits per heavy atom. The second kappa shape index (κ2) is 4.55. The topological polar surface area (TPSA) is 38.1 Å². The smallest absolute Gasteiger partial charge is 0.164 e. The van der Waals surface area contributed by atoms with E-state index in [0.29, 0.717) is 0 Å². The molecule has 0 unspecified atom stereocenters. The van der Waals surface area contributed by atoms with Crippen LogP contribution in [0.25, 0.3) is 21.7 Å². The molecule has 1 aromatic carbocycles. The third-order valence-electron chi connectivity index (χ3n) is 2.87. The largest absolute Gasteiger partial charge is 0.454 e. The molecule has 0 aliphatic carbocycles. The first-order valence-electron chi connectivity index (χ1n) is 5.88. The Labute approximate surface area is 109 Å². The summed E-state index contributed by atoms with van der Waals surface area (Å²) in [5.74, 6) is 0.853. The van der Waals surface area contributed by atoms with Crippen LogP contribution in [0.3, 0.4) is 0 Å². The minimum atomic E-state index is 0.851. The molecule has 4 heteroatoms. The predicted molar refractivity (Wildman–Crippen MR) is 74.8 cm³/mol. The fraction of sp³-hybridized carbons (Fsp3) is 0.214. The number of aromatic nitrogens is 1. The maximum Gasteiger partial charge on any atom is 0.164 e. The molecule has 3 rings (SSSR count). The van der Waals surface area contributed by atoms with E-state index in [1.165, 1.54) is 4.88 Å². The van der Waals surface area contributed by atoms with Crippen molar-refractivity contribution in [1.82, 2.24) is 10.3 Å². The highest BCUT2D eigenvalue weighted by Gasteiger charge is 2.12. The Morgan fingerprint density at radius 3 is 2.94 bits per heavy atom. The van der Waals surface area contributed by atoms with Crippen LogP contribution in [0.5, 0.6) is 0 Å². The number of fused-ring (bicyclic) bond motifs is 1. The van der Waals surface area contributed by atoms with E-state index in [2.05, 4.69) is 22.4 Å². The summed E-state index contributed by atoms with van der Waals surface area (Å²) in [5, 5.41) is 5.23. The summed E-state index contributed by atoms with van der Waals surface area (Å²) < 4.78 is 5.83. The zero-order chi connectivity index (χ0) is 12.5. The highest BCUT2D eigenvalue weighted by Crippen LogP contribution is 2.32. The number of aryl methyl sites for hydroxylation is 1. The van der Waals surface area contributed by atoms with Gasteiger partial charge in [-0.2, -0.15) is 0 Å². The van der Waals surface area contributed by atoms with Crippen LogP contribution in [-0.2, 0) is 6.54 Å². The van der Waals surface area contributed by atoms with E-state index in [-0.39, 0.29) is 0 Å². The fourth-order valence-electron chi connectivity index (χ4n) is 1.95. The molecule has 2 heterocycles. The third-order valence-corrected chi connectivity index (χ3v) is 4.04. The molecular weight excluding hydrogens is 244 g/mol. The Morgan fingerprint density at radius 2 is 2.17 bits per heavy atom. The standard InChI is InChI=1S/C14H14N2OS/c1-9-13(8-15-2)18-14(16-9)12-7-10-5-3-4-6-11(10)17-12/h3-7,15H,8H2,1-2H3. The number of hydrogen-bond donors (Lipinski definition) is 1. The molecule has 0 radical (unpaired) electrons. The van der Waals surface area contributed by atoms with Gasteiger partial charge in [0.05, 0.1) is 5.69 Å². The molecule has 0 fully saturated rings. The molecular formula is C14H14N2OS.